The quantitative estimate of drug-likeness (QED) is 0.774. The van der Waals surface area contributed by atoms with Crippen molar-refractivity contribution in [2.45, 2.75) is 26.7 Å². The third-order valence-electron chi connectivity index (χ3n) is 2.54. The number of amides is 1. The molecule has 1 amide bonds. The molecule has 0 bridgehead atoms. The minimum atomic E-state index is -0.00241. The molecule has 0 fully saturated rings. The number of rotatable bonds is 5. The molecule has 86 valence electrons. The first-order valence-corrected chi connectivity index (χ1v) is 5.50. The van der Waals surface area contributed by atoms with Crippen LogP contribution in [0.4, 0.5) is 5.69 Å². The topological polar surface area (TPSA) is 46.2 Å². The number of carbonyl (C=O) groups is 2. The van der Waals surface area contributed by atoms with E-state index in [1.165, 1.54) is 0 Å². The lowest BCUT2D eigenvalue weighted by molar-refractivity contribution is -0.117. The van der Waals surface area contributed by atoms with Crippen LogP contribution in [0.5, 0.6) is 0 Å². The fraction of sp³-hybridized carbons (Fsp3) is 0.385. The van der Waals surface area contributed by atoms with E-state index in [0.29, 0.717) is 23.6 Å². The van der Waals surface area contributed by atoms with Crippen LogP contribution in [-0.4, -0.2) is 12.2 Å². The summed E-state index contributed by atoms with van der Waals surface area (Å²) < 4.78 is 0. The number of hydrogen-bond acceptors (Lipinski definition) is 2. The summed E-state index contributed by atoms with van der Waals surface area (Å²) in [6, 6.07) is 6.91. The second-order valence-corrected chi connectivity index (χ2v) is 4.01. The van der Waals surface area contributed by atoms with Crippen molar-refractivity contribution in [1.82, 2.24) is 0 Å². The molecule has 3 nitrogen and oxygen atoms in total. The van der Waals surface area contributed by atoms with Gasteiger partial charge in [-0.2, -0.15) is 0 Å². The second-order valence-electron chi connectivity index (χ2n) is 4.01. The Morgan fingerprint density at radius 3 is 2.88 bits per heavy atom. The minimum absolute atomic E-state index is 0.00241. The van der Waals surface area contributed by atoms with Gasteiger partial charge in [0.05, 0.1) is 0 Å². The van der Waals surface area contributed by atoms with Crippen molar-refractivity contribution >= 4 is 17.9 Å². The first-order valence-electron chi connectivity index (χ1n) is 5.50. The van der Waals surface area contributed by atoms with Crippen LogP contribution < -0.4 is 5.32 Å². The molecule has 1 unspecified atom stereocenters. The van der Waals surface area contributed by atoms with Gasteiger partial charge < -0.3 is 5.32 Å². The Kier molecular flexibility index (Phi) is 4.70. The number of nitrogens with one attached hydrogen (secondary N) is 1. The normalized spacial score (nSPS) is 11.9. The van der Waals surface area contributed by atoms with E-state index in [2.05, 4.69) is 12.2 Å². The molecule has 0 aliphatic heterocycles. The molecule has 1 rings (SSSR count). The number of carbonyl (C=O) groups excluding carboxylic acids is 2. The molecule has 1 aromatic rings. The van der Waals surface area contributed by atoms with E-state index in [9.17, 15) is 9.59 Å². The lowest BCUT2D eigenvalue weighted by Gasteiger charge is -2.09. The maximum absolute atomic E-state index is 11.6. The first-order chi connectivity index (χ1) is 7.65. The first kappa shape index (κ1) is 12.4. The summed E-state index contributed by atoms with van der Waals surface area (Å²) in [5.41, 5.74) is 1.25. The van der Waals surface area contributed by atoms with E-state index in [4.69, 9.17) is 0 Å². The number of aldehydes is 1. The summed E-state index contributed by atoms with van der Waals surface area (Å²) in [5.74, 6) is 0.381. The van der Waals surface area contributed by atoms with Crippen LogP contribution in [0.2, 0.25) is 0 Å². The Balaban J connectivity index is 2.58. The molecule has 0 spiro atoms. The van der Waals surface area contributed by atoms with Gasteiger partial charge in [-0.15, -0.1) is 0 Å². The average molecular weight is 219 g/mol. The van der Waals surface area contributed by atoms with Crippen molar-refractivity contribution in [3.8, 4) is 0 Å². The highest BCUT2D eigenvalue weighted by Gasteiger charge is 2.07. The fourth-order valence-corrected chi connectivity index (χ4v) is 1.36. The van der Waals surface area contributed by atoms with Gasteiger partial charge in [0.1, 0.15) is 6.29 Å². The van der Waals surface area contributed by atoms with E-state index in [1.807, 2.05) is 6.92 Å². The van der Waals surface area contributed by atoms with Gasteiger partial charge in [-0.05, 0) is 18.1 Å². The van der Waals surface area contributed by atoms with Crippen LogP contribution in [0.1, 0.15) is 37.0 Å². The SMILES string of the molecule is CCC(C)CC(=O)Nc1cccc(C=O)c1. The average Bonchev–Trinajstić information content (AvgIpc) is 2.28. The molecular weight excluding hydrogens is 202 g/mol. The van der Waals surface area contributed by atoms with E-state index < -0.39 is 0 Å². The summed E-state index contributed by atoms with van der Waals surface area (Å²) >= 11 is 0. The molecule has 16 heavy (non-hydrogen) atoms. The minimum Gasteiger partial charge on any atom is -0.326 e. The summed E-state index contributed by atoms with van der Waals surface area (Å²) in [5, 5.41) is 2.78. The predicted octanol–water partition coefficient (Wildman–Crippen LogP) is 2.87. The molecule has 0 saturated heterocycles. The fourth-order valence-electron chi connectivity index (χ4n) is 1.36. The van der Waals surface area contributed by atoms with Gasteiger partial charge in [-0.3, -0.25) is 9.59 Å². The van der Waals surface area contributed by atoms with Crippen LogP contribution in [0, 0.1) is 5.92 Å². The number of anilines is 1. The zero-order valence-corrected chi connectivity index (χ0v) is 9.69. The molecule has 0 saturated carbocycles. The molecule has 0 heterocycles. The largest absolute Gasteiger partial charge is 0.326 e. The number of benzene rings is 1. The zero-order chi connectivity index (χ0) is 12.0. The monoisotopic (exact) mass is 219 g/mol. The Morgan fingerprint density at radius 1 is 1.50 bits per heavy atom. The zero-order valence-electron chi connectivity index (χ0n) is 9.69. The maximum atomic E-state index is 11.6. The molecule has 0 aliphatic rings. The van der Waals surface area contributed by atoms with Crippen LogP contribution in [0.25, 0.3) is 0 Å². The molecular formula is C13H17NO2. The Bertz CT molecular complexity index is 374. The van der Waals surface area contributed by atoms with Crippen LogP contribution in [0.15, 0.2) is 24.3 Å². The van der Waals surface area contributed by atoms with Gasteiger partial charge in [0, 0.05) is 17.7 Å². The Morgan fingerprint density at radius 2 is 2.25 bits per heavy atom. The third-order valence-corrected chi connectivity index (χ3v) is 2.54. The van der Waals surface area contributed by atoms with Crippen molar-refractivity contribution < 1.29 is 9.59 Å². The molecule has 0 radical (unpaired) electrons. The molecule has 0 aromatic heterocycles. The van der Waals surface area contributed by atoms with Crippen LogP contribution in [-0.2, 0) is 4.79 Å². The van der Waals surface area contributed by atoms with E-state index in [0.717, 1.165) is 12.7 Å². The highest BCUT2D eigenvalue weighted by Crippen LogP contribution is 2.12. The van der Waals surface area contributed by atoms with E-state index in [1.54, 1.807) is 24.3 Å². The molecule has 1 atom stereocenters. The summed E-state index contributed by atoms with van der Waals surface area (Å²) in [6.07, 6.45) is 2.27. The van der Waals surface area contributed by atoms with Crippen molar-refractivity contribution in [2.75, 3.05) is 5.32 Å². The summed E-state index contributed by atoms with van der Waals surface area (Å²) in [7, 11) is 0. The van der Waals surface area contributed by atoms with Gasteiger partial charge in [-0.25, -0.2) is 0 Å². The van der Waals surface area contributed by atoms with Crippen molar-refractivity contribution in [3.63, 3.8) is 0 Å². The molecule has 1 aromatic carbocycles. The van der Waals surface area contributed by atoms with Gasteiger partial charge >= 0.3 is 0 Å². The van der Waals surface area contributed by atoms with E-state index in [-0.39, 0.29) is 5.91 Å². The highest BCUT2D eigenvalue weighted by molar-refractivity contribution is 5.91. The standard InChI is InChI=1S/C13H17NO2/c1-3-10(2)7-13(16)14-12-6-4-5-11(8-12)9-15/h4-6,8-10H,3,7H2,1-2H3,(H,14,16). The Hall–Kier alpha value is -1.64. The maximum Gasteiger partial charge on any atom is 0.224 e. The van der Waals surface area contributed by atoms with Gasteiger partial charge in [0.15, 0.2) is 0 Å². The summed E-state index contributed by atoms with van der Waals surface area (Å²) in [4.78, 5) is 22.1. The van der Waals surface area contributed by atoms with Gasteiger partial charge in [-0.1, -0.05) is 32.4 Å². The predicted molar refractivity (Wildman–Crippen MR) is 64.5 cm³/mol. The Labute approximate surface area is 95.9 Å². The lowest BCUT2D eigenvalue weighted by atomic mass is 10.0. The van der Waals surface area contributed by atoms with E-state index >= 15 is 0 Å². The third kappa shape index (κ3) is 3.85. The smallest absolute Gasteiger partial charge is 0.224 e. The second kappa shape index (κ2) is 6.05. The van der Waals surface area contributed by atoms with Crippen molar-refractivity contribution in [1.29, 1.82) is 0 Å². The van der Waals surface area contributed by atoms with Crippen LogP contribution in [0.3, 0.4) is 0 Å². The van der Waals surface area contributed by atoms with Crippen LogP contribution >= 0.6 is 0 Å². The lowest BCUT2D eigenvalue weighted by Crippen LogP contribution is -2.14. The van der Waals surface area contributed by atoms with Gasteiger partial charge in [0.25, 0.3) is 0 Å². The highest BCUT2D eigenvalue weighted by atomic mass is 16.1. The molecule has 1 N–H and O–H groups in total. The van der Waals surface area contributed by atoms with Gasteiger partial charge in [0.2, 0.25) is 5.91 Å². The summed E-state index contributed by atoms with van der Waals surface area (Å²) in [6.45, 7) is 4.10. The van der Waals surface area contributed by atoms with Crippen molar-refractivity contribution in [3.05, 3.63) is 29.8 Å². The molecule has 3 heteroatoms. The molecule has 0 aliphatic carbocycles. The number of hydrogen-bond donors (Lipinski definition) is 1. The van der Waals surface area contributed by atoms with Crippen molar-refractivity contribution in [2.24, 2.45) is 5.92 Å².